The molecule has 1 aliphatic heterocycles. The number of nitrogens with zero attached hydrogens (tertiary/aromatic N) is 1. The van der Waals surface area contributed by atoms with Crippen molar-refractivity contribution >= 4 is 24.5 Å². The molecule has 0 saturated heterocycles. The van der Waals surface area contributed by atoms with Crippen LogP contribution in [0.1, 0.15) is 32.6 Å². The van der Waals surface area contributed by atoms with E-state index in [2.05, 4.69) is 35.1 Å². The van der Waals surface area contributed by atoms with Crippen LogP contribution in [-0.2, 0) is 9.53 Å². The van der Waals surface area contributed by atoms with Crippen molar-refractivity contribution in [3.05, 3.63) is 58.3 Å². The highest BCUT2D eigenvalue weighted by molar-refractivity contribution is 7.83. The second-order valence-corrected chi connectivity index (χ2v) is 6.57. The number of hydrogen-bond donors (Lipinski definition) is 2. The number of esters is 1. The van der Waals surface area contributed by atoms with Crippen molar-refractivity contribution in [1.29, 1.82) is 0 Å². The molecule has 1 unspecified atom stereocenters. The van der Waals surface area contributed by atoms with Gasteiger partial charge in [0.15, 0.2) is 5.70 Å². The van der Waals surface area contributed by atoms with E-state index in [0.29, 0.717) is 24.1 Å². The molecule has 5 heteroatoms. The summed E-state index contributed by atoms with van der Waals surface area (Å²) in [6.07, 6.45) is 14.4. The first-order valence-corrected chi connectivity index (χ1v) is 8.81. The van der Waals surface area contributed by atoms with Crippen LogP contribution < -0.4 is 5.32 Å². The number of carbonyl (C=O) groups excluding carboxylic acids is 1. The molecular weight excluding hydrogens is 320 g/mol. The second kappa shape index (κ2) is 7.71. The van der Waals surface area contributed by atoms with Gasteiger partial charge in [-0.1, -0.05) is 35.5 Å². The van der Waals surface area contributed by atoms with Gasteiger partial charge in [0.1, 0.15) is 0 Å². The molecule has 1 saturated carbocycles. The smallest absolute Gasteiger partial charge is 0.365 e. The minimum absolute atomic E-state index is 0.315. The van der Waals surface area contributed by atoms with Crippen LogP contribution in [0.2, 0.25) is 0 Å². The third-order valence-electron chi connectivity index (χ3n) is 4.46. The number of cyclic esters (lactones) is 1. The molecule has 1 heterocycles. The van der Waals surface area contributed by atoms with Crippen molar-refractivity contribution in [2.24, 2.45) is 10.9 Å². The average molecular weight is 342 g/mol. The molecule has 1 atom stereocenters. The van der Waals surface area contributed by atoms with E-state index in [9.17, 15) is 4.79 Å². The maximum Gasteiger partial charge on any atom is 0.365 e. The summed E-state index contributed by atoms with van der Waals surface area (Å²) in [5, 5.41) is 4.77. The largest absolute Gasteiger partial charge is 0.402 e. The molecule has 0 radical (unpaired) electrons. The van der Waals surface area contributed by atoms with Crippen molar-refractivity contribution in [3.63, 3.8) is 0 Å². The Labute approximate surface area is 148 Å². The summed E-state index contributed by atoms with van der Waals surface area (Å²) in [6.45, 7) is 2.63. The van der Waals surface area contributed by atoms with Gasteiger partial charge in [0.25, 0.3) is 0 Å². The van der Waals surface area contributed by atoms with Crippen molar-refractivity contribution in [2.45, 2.75) is 32.6 Å². The summed E-state index contributed by atoms with van der Waals surface area (Å²) >= 11 is 4.01. The van der Waals surface area contributed by atoms with Gasteiger partial charge in [-0.15, -0.1) is 0 Å². The number of thiol groups is 1. The van der Waals surface area contributed by atoms with Gasteiger partial charge in [0.05, 0.1) is 0 Å². The highest BCUT2D eigenvalue weighted by Crippen LogP contribution is 2.38. The van der Waals surface area contributed by atoms with E-state index < -0.39 is 5.97 Å². The van der Waals surface area contributed by atoms with Crippen LogP contribution in [-0.4, -0.2) is 18.4 Å². The Bertz CT molecular complexity index is 711. The van der Waals surface area contributed by atoms with E-state index in [1.807, 2.05) is 19.1 Å². The van der Waals surface area contributed by atoms with E-state index in [1.54, 1.807) is 11.6 Å². The van der Waals surface area contributed by atoms with Gasteiger partial charge < -0.3 is 10.1 Å². The number of ether oxygens (including phenoxy) is 1. The van der Waals surface area contributed by atoms with Crippen molar-refractivity contribution < 1.29 is 9.53 Å². The summed E-state index contributed by atoms with van der Waals surface area (Å²) in [4.78, 5) is 16.3. The molecule has 0 aromatic rings. The van der Waals surface area contributed by atoms with E-state index >= 15 is 0 Å². The Morgan fingerprint density at radius 1 is 1.54 bits per heavy atom. The Morgan fingerprint density at radius 3 is 3.25 bits per heavy atom. The van der Waals surface area contributed by atoms with Crippen LogP contribution >= 0.6 is 12.6 Å². The third-order valence-corrected chi connectivity index (χ3v) is 4.63. The van der Waals surface area contributed by atoms with Crippen LogP contribution in [0.25, 0.3) is 0 Å². The molecule has 1 fully saturated rings. The van der Waals surface area contributed by atoms with Crippen LogP contribution in [0.4, 0.5) is 0 Å². The molecule has 2 aliphatic carbocycles. The lowest BCUT2D eigenvalue weighted by atomic mass is 9.91. The number of rotatable bonds is 5. The average Bonchev–Trinajstić information content (AvgIpc) is 3.19. The van der Waals surface area contributed by atoms with E-state index in [-0.39, 0.29) is 0 Å². The molecule has 4 nitrogen and oxygen atoms in total. The zero-order valence-corrected chi connectivity index (χ0v) is 14.7. The number of fused-ring (bicyclic) bond motifs is 1. The van der Waals surface area contributed by atoms with Gasteiger partial charge in [-0.05, 0) is 43.9 Å². The molecule has 126 valence electrons. The highest BCUT2D eigenvalue weighted by Gasteiger charge is 2.29. The molecule has 0 aromatic carbocycles. The van der Waals surface area contributed by atoms with E-state index in [1.165, 1.54) is 18.4 Å². The number of allylic oxidation sites excluding steroid dienone is 4. The third kappa shape index (κ3) is 3.90. The van der Waals surface area contributed by atoms with E-state index in [0.717, 1.165) is 24.0 Å². The highest BCUT2D eigenvalue weighted by atomic mass is 32.1. The first-order chi connectivity index (χ1) is 11.7. The normalized spacial score (nSPS) is 25.5. The number of carbonyl (C=O) groups is 1. The molecule has 0 bridgehead atoms. The summed E-state index contributed by atoms with van der Waals surface area (Å²) in [5.41, 5.74) is 3.85. The Hall–Kier alpha value is -2.01. The standard InChI is InChI=1S/C19H22N2O2S/c1-13(4-3-9-24)11-20-12-17-19(22)23-18(21-17)16-8-7-14-5-2-6-15(14)10-16/h3-4,8-10,12,14,20,24H,2,5-7,11H2,1H3/b9-3-,13-4+,17-12+. The fraction of sp³-hybridized carbons (Fsp3) is 0.368. The van der Waals surface area contributed by atoms with Crippen molar-refractivity contribution in [2.75, 3.05) is 6.54 Å². The van der Waals surface area contributed by atoms with Gasteiger partial charge in [0.2, 0.25) is 5.90 Å². The van der Waals surface area contributed by atoms with Gasteiger partial charge >= 0.3 is 5.97 Å². The molecule has 3 rings (SSSR count). The molecule has 0 aromatic heterocycles. The molecule has 0 spiro atoms. The fourth-order valence-electron chi connectivity index (χ4n) is 3.19. The molecule has 1 N–H and O–H groups in total. The first kappa shape index (κ1) is 16.8. The Morgan fingerprint density at radius 2 is 2.42 bits per heavy atom. The summed E-state index contributed by atoms with van der Waals surface area (Å²) in [5.74, 6) is 0.711. The van der Waals surface area contributed by atoms with Crippen LogP contribution in [0.3, 0.4) is 0 Å². The number of aliphatic imine (C=N–C) groups is 1. The van der Waals surface area contributed by atoms with Crippen molar-refractivity contribution in [1.82, 2.24) is 5.32 Å². The minimum Gasteiger partial charge on any atom is -0.402 e. The van der Waals surface area contributed by atoms with Crippen LogP contribution in [0, 0.1) is 5.92 Å². The zero-order chi connectivity index (χ0) is 16.9. The Kier molecular flexibility index (Phi) is 5.41. The molecule has 3 aliphatic rings. The zero-order valence-electron chi connectivity index (χ0n) is 13.8. The Balaban J connectivity index is 1.65. The summed E-state index contributed by atoms with van der Waals surface area (Å²) < 4.78 is 5.34. The lowest BCUT2D eigenvalue weighted by molar-refractivity contribution is -0.130. The fourth-order valence-corrected chi connectivity index (χ4v) is 3.27. The number of hydrogen-bond acceptors (Lipinski definition) is 5. The monoisotopic (exact) mass is 342 g/mol. The lowest BCUT2D eigenvalue weighted by Gasteiger charge is -2.16. The van der Waals surface area contributed by atoms with Gasteiger partial charge in [-0.3, -0.25) is 0 Å². The van der Waals surface area contributed by atoms with Gasteiger partial charge in [-0.25, -0.2) is 9.79 Å². The molecular formula is C19H22N2O2S. The van der Waals surface area contributed by atoms with E-state index in [4.69, 9.17) is 4.74 Å². The minimum atomic E-state index is -0.401. The van der Waals surface area contributed by atoms with Crippen LogP contribution in [0.15, 0.2) is 63.3 Å². The first-order valence-electron chi connectivity index (χ1n) is 8.29. The molecule has 24 heavy (non-hydrogen) atoms. The maximum absolute atomic E-state index is 12.0. The predicted molar refractivity (Wildman–Crippen MR) is 99.6 cm³/mol. The van der Waals surface area contributed by atoms with Gasteiger partial charge in [-0.2, -0.15) is 12.6 Å². The maximum atomic E-state index is 12.0. The second-order valence-electron chi connectivity index (χ2n) is 6.28. The molecule has 0 amide bonds. The topological polar surface area (TPSA) is 50.7 Å². The predicted octanol–water partition coefficient (Wildman–Crippen LogP) is 3.82. The SMILES string of the molecule is C/C(=C\C=C/S)CN/C=C1/N=C(C2=CCC3CCCC3=C2)OC1=O. The summed E-state index contributed by atoms with van der Waals surface area (Å²) in [7, 11) is 0. The quantitative estimate of drug-likeness (QED) is 0.346. The van der Waals surface area contributed by atoms with Crippen LogP contribution in [0.5, 0.6) is 0 Å². The van der Waals surface area contributed by atoms with Crippen molar-refractivity contribution in [3.8, 4) is 0 Å². The van der Waals surface area contributed by atoms with Gasteiger partial charge in [0, 0.05) is 18.3 Å². The number of nitrogens with one attached hydrogen (secondary N) is 1. The lowest BCUT2D eigenvalue weighted by Crippen LogP contribution is -2.12. The summed E-state index contributed by atoms with van der Waals surface area (Å²) in [6, 6.07) is 0.